The molecule has 0 spiro atoms. The number of amides is 1. The van der Waals surface area contributed by atoms with Gasteiger partial charge in [-0.2, -0.15) is 0 Å². The molecule has 15 heavy (non-hydrogen) atoms. The largest absolute Gasteiger partial charge is 0.383 e. The smallest absolute Gasteiger partial charge is 0.237 e. The lowest BCUT2D eigenvalue weighted by Gasteiger charge is -2.18. The molecular weight excluding hydrogens is 192 g/mol. The Morgan fingerprint density at radius 3 is 2.60 bits per heavy atom. The van der Waals surface area contributed by atoms with Crippen LogP contribution in [0.1, 0.15) is 39.5 Å². The number of hydrogen-bond donors (Lipinski definition) is 2. The van der Waals surface area contributed by atoms with Crippen molar-refractivity contribution >= 4 is 5.91 Å². The van der Waals surface area contributed by atoms with Gasteiger partial charge in [0.2, 0.25) is 5.91 Å². The standard InChI is InChI=1S/C11H24N2O2/c1-4-6-7-10(12)11(14)13-9(5-2)8-15-3/h9-10H,4-8,12H2,1-3H3,(H,13,14). The highest BCUT2D eigenvalue weighted by molar-refractivity contribution is 5.81. The topological polar surface area (TPSA) is 64.4 Å². The van der Waals surface area contributed by atoms with Crippen LogP contribution in [0.4, 0.5) is 0 Å². The van der Waals surface area contributed by atoms with Crippen LogP contribution in [0.5, 0.6) is 0 Å². The lowest BCUT2D eigenvalue weighted by Crippen LogP contribution is -2.46. The van der Waals surface area contributed by atoms with Gasteiger partial charge in [-0.15, -0.1) is 0 Å². The molecule has 0 heterocycles. The van der Waals surface area contributed by atoms with E-state index in [-0.39, 0.29) is 18.0 Å². The van der Waals surface area contributed by atoms with E-state index < -0.39 is 0 Å². The van der Waals surface area contributed by atoms with Gasteiger partial charge in [0.25, 0.3) is 0 Å². The van der Waals surface area contributed by atoms with Gasteiger partial charge in [-0.05, 0) is 12.8 Å². The zero-order valence-corrected chi connectivity index (χ0v) is 10.1. The molecule has 0 rings (SSSR count). The number of rotatable bonds is 8. The van der Waals surface area contributed by atoms with Gasteiger partial charge in [0.15, 0.2) is 0 Å². The molecule has 0 bridgehead atoms. The van der Waals surface area contributed by atoms with E-state index in [0.717, 1.165) is 25.7 Å². The number of unbranched alkanes of at least 4 members (excludes halogenated alkanes) is 1. The summed E-state index contributed by atoms with van der Waals surface area (Å²) in [4.78, 5) is 11.6. The molecule has 0 saturated heterocycles. The number of nitrogens with two attached hydrogens (primary N) is 1. The van der Waals surface area contributed by atoms with Crippen molar-refractivity contribution in [2.75, 3.05) is 13.7 Å². The third-order valence-corrected chi connectivity index (χ3v) is 2.41. The summed E-state index contributed by atoms with van der Waals surface area (Å²) in [5, 5.41) is 2.89. The van der Waals surface area contributed by atoms with Crippen molar-refractivity contribution in [2.24, 2.45) is 5.73 Å². The summed E-state index contributed by atoms with van der Waals surface area (Å²) in [6.07, 6.45) is 3.68. The Morgan fingerprint density at radius 1 is 1.47 bits per heavy atom. The quantitative estimate of drug-likeness (QED) is 0.637. The molecule has 0 saturated carbocycles. The monoisotopic (exact) mass is 216 g/mol. The minimum Gasteiger partial charge on any atom is -0.383 e. The maximum atomic E-state index is 11.6. The Kier molecular flexibility index (Phi) is 8.33. The van der Waals surface area contributed by atoms with Crippen LogP contribution in [-0.2, 0) is 9.53 Å². The first-order valence-corrected chi connectivity index (χ1v) is 5.70. The molecular formula is C11H24N2O2. The molecule has 1 amide bonds. The van der Waals surface area contributed by atoms with E-state index in [0.29, 0.717) is 6.61 Å². The van der Waals surface area contributed by atoms with Crippen molar-refractivity contribution in [1.82, 2.24) is 5.32 Å². The van der Waals surface area contributed by atoms with Crippen LogP contribution in [0, 0.1) is 0 Å². The van der Waals surface area contributed by atoms with Crippen molar-refractivity contribution in [1.29, 1.82) is 0 Å². The zero-order chi connectivity index (χ0) is 11.7. The summed E-state index contributed by atoms with van der Waals surface area (Å²) in [5.74, 6) is -0.0626. The highest BCUT2D eigenvalue weighted by atomic mass is 16.5. The minimum atomic E-state index is -0.379. The van der Waals surface area contributed by atoms with Crippen molar-refractivity contribution in [2.45, 2.75) is 51.6 Å². The fraction of sp³-hybridized carbons (Fsp3) is 0.909. The highest BCUT2D eigenvalue weighted by Gasteiger charge is 2.16. The molecule has 0 aliphatic rings. The minimum absolute atomic E-state index is 0.0626. The average molecular weight is 216 g/mol. The number of nitrogens with one attached hydrogen (secondary N) is 1. The predicted molar refractivity (Wildman–Crippen MR) is 61.6 cm³/mol. The van der Waals surface area contributed by atoms with Gasteiger partial charge < -0.3 is 15.8 Å². The van der Waals surface area contributed by atoms with Crippen LogP contribution >= 0.6 is 0 Å². The first-order chi connectivity index (χ1) is 7.15. The summed E-state index contributed by atoms with van der Waals surface area (Å²) in [6, 6.07) is -0.300. The summed E-state index contributed by atoms with van der Waals surface area (Å²) in [6.45, 7) is 4.65. The molecule has 0 aliphatic carbocycles. The number of methoxy groups -OCH3 is 1. The molecule has 2 unspecified atom stereocenters. The van der Waals surface area contributed by atoms with Crippen molar-refractivity contribution in [3.63, 3.8) is 0 Å². The van der Waals surface area contributed by atoms with Crippen molar-refractivity contribution < 1.29 is 9.53 Å². The van der Waals surface area contributed by atoms with E-state index >= 15 is 0 Å². The van der Waals surface area contributed by atoms with Gasteiger partial charge >= 0.3 is 0 Å². The second-order valence-corrected chi connectivity index (χ2v) is 3.82. The van der Waals surface area contributed by atoms with E-state index in [1.54, 1.807) is 7.11 Å². The van der Waals surface area contributed by atoms with Crippen LogP contribution in [0.25, 0.3) is 0 Å². The van der Waals surface area contributed by atoms with Crippen molar-refractivity contribution in [3.05, 3.63) is 0 Å². The highest BCUT2D eigenvalue weighted by Crippen LogP contribution is 1.99. The molecule has 90 valence electrons. The summed E-state index contributed by atoms with van der Waals surface area (Å²) in [7, 11) is 1.63. The third kappa shape index (κ3) is 6.47. The second kappa shape index (κ2) is 8.68. The molecule has 0 aromatic heterocycles. The molecule has 3 N–H and O–H groups in total. The van der Waals surface area contributed by atoms with Crippen LogP contribution in [0.15, 0.2) is 0 Å². The average Bonchev–Trinajstić information content (AvgIpc) is 2.24. The van der Waals surface area contributed by atoms with E-state index in [4.69, 9.17) is 10.5 Å². The zero-order valence-electron chi connectivity index (χ0n) is 10.1. The molecule has 4 heteroatoms. The van der Waals surface area contributed by atoms with Crippen molar-refractivity contribution in [3.8, 4) is 0 Å². The van der Waals surface area contributed by atoms with Gasteiger partial charge in [0, 0.05) is 7.11 Å². The first-order valence-electron chi connectivity index (χ1n) is 5.70. The second-order valence-electron chi connectivity index (χ2n) is 3.82. The molecule has 0 aliphatic heterocycles. The van der Waals surface area contributed by atoms with Crippen LogP contribution in [-0.4, -0.2) is 31.7 Å². The number of ether oxygens (including phenoxy) is 1. The Bertz CT molecular complexity index is 174. The number of hydrogen-bond acceptors (Lipinski definition) is 3. The van der Waals surface area contributed by atoms with E-state index in [2.05, 4.69) is 12.2 Å². The van der Waals surface area contributed by atoms with Gasteiger partial charge in [0.1, 0.15) is 0 Å². The SMILES string of the molecule is CCCCC(N)C(=O)NC(CC)COC. The molecule has 0 radical (unpaired) electrons. The Labute approximate surface area is 92.6 Å². The van der Waals surface area contributed by atoms with Gasteiger partial charge in [-0.1, -0.05) is 26.7 Å². The van der Waals surface area contributed by atoms with Crippen LogP contribution in [0.3, 0.4) is 0 Å². The van der Waals surface area contributed by atoms with E-state index in [1.165, 1.54) is 0 Å². The van der Waals surface area contributed by atoms with Gasteiger partial charge in [-0.25, -0.2) is 0 Å². The lowest BCUT2D eigenvalue weighted by atomic mass is 10.1. The van der Waals surface area contributed by atoms with Crippen LogP contribution < -0.4 is 11.1 Å². The Morgan fingerprint density at radius 2 is 2.13 bits per heavy atom. The number of carbonyl (C=O) groups is 1. The molecule has 0 aromatic rings. The molecule has 2 atom stereocenters. The normalized spacial score (nSPS) is 14.7. The molecule has 0 aromatic carbocycles. The lowest BCUT2D eigenvalue weighted by molar-refractivity contribution is -0.123. The fourth-order valence-electron chi connectivity index (χ4n) is 1.33. The number of carbonyl (C=O) groups excluding carboxylic acids is 1. The third-order valence-electron chi connectivity index (χ3n) is 2.41. The maximum absolute atomic E-state index is 11.6. The molecule has 4 nitrogen and oxygen atoms in total. The Balaban J connectivity index is 3.87. The first kappa shape index (κ1) is 14.4. The van der Waals surface area contributed by atoms with E-state index in [9.17, 15) is 4.79 Å². The summed E-state index contributed by atoms with van der Waals surface area (Å²) in [5.41, 5.74) is 5.75. The van der Waals surface area contributed by atoms with Crippen LogP contribution in [0.2, 0.25) is 0 Å². The van der Waals surface area contributed by atoms with Gasteiger partial charge in [0.05, 0.1) is 18.7 Å². The van der Waals surface area contributed by atoms with E-state index in [1.807, 2.05) is 6.92 Å². The maximum Gasteiger partial charge on any atom is 0.237 e. The Hall–Kier alpha value is -0.610. The predicted octanol–water partition coefficient (Wildman–Crippen LogP) is 1.05. The molecule has 0 fully saturated rings. The summed E-state index contributed by atoms with van der Waals surface area (Å²) < 4.78 is 5.00. The fourth-order valence-corrected chi connectivity index (χ4v) is 1.33. The van der Waals surface area contributed by atoms with Gasteiger partial charge in [-0.3, -0.25) is 4.79 Å². The summed E-state index contributed by atoms with van der Waals surface area (Å²) >= 11 is 0.